The van der Waals surface area contributed by atoms with Gasteiger partial charge in [-0.05, 0) is 30.0 Å². The highest BCUT2D eigenvalue weighted by Gasteiger charge is 2.34. The number of hydrogen-bond donors (Lipinski definition) is 2. The van der Waals surface area contributed by atoms with Gasteiger partial charge in [0, 0.05) is 24.0 Å². The van der Waals surface area contributed by atoms with Crippen molar-refractivity contribution in [3.05, 3.63) is 80.9 Å². The highest BCUT2D eigenvalue weighted by Crippen LogP contribution is 2.32. The summed E-state index contributed by atoms with van der Waals surface area (Å²) >= 11 is 0.674. The lowest BCUT2D eigenvalue weighted by molar-refractivity contribution is -0.124. The number of primary amides is 1. The van der Waals surface area contributed by atoms with Crippen LogP contribution in [-0.4, -0.2) is 50.7 Å². The number of nitrogens with one attached hydrogen (secondary N) is 1. The Bertz CT molecular complexity index is 1470. The standard InChI is InChI=1S/C23H18FN5O5S/c24-16-8-4-1-5-13(16)11-17-22(33)28(23(34)35-17)10-9-26-18(30)12-29-21(32)15-7-3-2-6-14(15)19(27-29)20(25)31/h1-8,11H,9-10,12H2,(H2,25,31)(H,26,30)/b17-11-. The summed E-state index contributed by atoms with van der Waals surface area (Å²) in [6, 6.07) is 12.1. The lowest BCUT2D eigenvalue weighted by Gasteiger charge is -2.13. The van der Waals surface area contributed by atoms with E-state index in [9.17, 15) is 28.4 Å². The van der Waals surface area contributed by atoms with Crippen molar-refractivity contribution >= 4 is 51.6 Å². The van der Waals surface area contributed by atoms with Crippen molar-refractivity contribution in [1.29, 1.82) is 0 Å². The molecule has 12 heteroatoms. The molecule has 10 nitrogen and oxygen atoms in total. The second kappa shape index (κ2) is 9.89. The molecule has 0 spiro atoms. The number of aromatic nitrogens is 2. The van der Waals surface area contributed by atoms with Gasteiger partial charge < -0.3 is 11.1 Å². The second-order valence-electron chi connectivity index (χ2n) is 7.43. The first-order valence-corrected chi connectivity index (χ1v) is 11.1. The fraction of sp³-hybridized carbons (Fsp3) is 0.130. The molecule has 3 aromatic rings. The molecule has 1 aliphatic heterocycles. The number of amides is 4. The summed E-state index contributed by atoms with van der Waals surface area (Å²) < 4.78 is 14.7. The van der Waals surface area contributed by atoms with Crippen LogP contribution in [0.15, 0.2) is 58.2 Å². The van der Waals surface area contributed by atoms with Crippen molar-refractivity contribution in [2.75, 3.05) is 13.1 Å². The zero-order valence-electron chi connectivity index (χ0n) is 18.1. The third-order valence-corrected chi connectivity index (χ3v) is 6.02. The van der Waals surface area contributed by atoms with Gasteiger partial charge in [-0.1, -0.05) is 36.4 Å². The molecule has 1 fully saturated rings. The highest BCUT2D eigenvalue weighted by molar-refractivity contribution is 8.18. The molecular formula is C23H18FN5O5S. The summed E-state index contributed by atoms with van der Waals surface area (Å²) in [7, 11) is 0. The summed E-state index contributed by atoms with van der Waals surface area (Å²) in [5.41, 5.74) is 4.81. The number of benzene rings is 2. The maximum Gasteiger partial charge on any atom is 0.293 e. The topological polar surface area (TPSA) is 144 Å². The monoisotopic (exact) mass is 495 g/mol. The number of rotatable bonds is 7. The molecule has 0 saturated carbocycles. The van der Waals surface area contributed by atoms with Crippen LogP contribution in [0.1, 0.15) is 16.1 Å². The number of halogens is 1. The van der Waals surface area contributed by atoms with E-state index in [1.54, 1.807) is 18.2 Å². The molecule has 0 unspecified atom stereocenters. The van der Waals surface area contributed by atoms with E-state index in [-0.39, 0.29) is 40.0 Å². The Balaban J connectivity index is 1.41. The molecule has 1 saturated heterocycles. The van der Waals surface area contributed by atoms with Gasteiger partial charge in [-0.3, -0.25) is 28.9 Å². The van der Waals surface area contributed by atoms with Crippen LogP contribution in [0.3, 0.4) is 0 Å². The number of nitrogens with two attached hydrogens (primary N) is 1. The minimum Gasteiger partial charge on any atom is -0.364 e. The van der Waals surface area contributed by atoms with Crippen LogP contribution in [0, 0.1) is 5.82 Å². The normalized spacial score (nSPS) is 14.7. The molecule has 2 heterocycles. The molecule has 0 bridgehead atoms. The molecule has 2 aromatic carbocycles. The van der Waals surface area contributed by atoms with Gasteiger partial charge in [0.25, 0.3) is 22.6 Å². The quantitative estimate of drug-likeness (QED) is 0.473. The zero-order chi connectivity index (χ0) is 25.1. The summed E-state index contributed by atoms with van der Waals surface area (Å²) in [5.74, 6) is -2.60. The third-order valence-electron chi connectivity index (χ3n) is 5.12. The van der Waals surface area contributed by atoms with Crippen molar-refractivity contribution < 1.29 is 23.6 Å². The van der Waals surface area contributed by atoms with Gasteiger partial charge >= 0.3 is 0 Å². The predicted molar refractivity (Wildman–Crippen MR) is 127 cm³/mol. The SMILES string of the molecule is NC(=O)c1nn(CC(=O)NCCN2C(=O)S/C(=C\c3ccccc3F)C2=O)c(=O)c2ccccc12. The van der Waals surface area contributed by atoms with Gasteiger partial charge in [-0.25, -0.2) is 9.07 Å². The first kappa shape index (κ1) is 23.8. The first-order chi connectivity index (χ1) is 16.8. The Morgan fingerprint density at radius 2 is 1.74 bits per heavy atom. The van der Waals surface area contributed by atoms with E-state index in [4.69, 9.17) is 5.73 Å². The van der Waals surface area contributed by atoms with Crippen molar-refractivity contribution in [1.82, 2.24) is 20.0 Å². The van der Waals surface area contributed by atoms with E-state index in [1.165, 1.54) is 36.4 Å². The Morgan fingerprint density at radius 3 is 2.46 bits per heavy atom. The predicted octanol–water partition coefficient (Wildman–Crippen LogP) is 1.49. The van der Waals surface area contributed by atoms with Crippen molar-refractivity contribution in [3.63, 3.8) is 0 Å². The second-order valence-corrected chi connectivity index (χ2v) is 8.42. The number of imide groups is 1. The smallest absolute Gasteiger partial charge is 0.293 e. The fourth-order valence-electron chi connectivity index (χ4n) is 3.45. The Hall–Kier alpha value is -4.32. The van der Waals surface area contributed by atoms with E-state index in [0.29, 0.717) is 11.8 Å². The van der Waals surface area contributed by atoms with Gasteiger partial charge in [0.2, 0.25) is 5.91 Å². The summed E-state index contributed by atoms with van der Waals surface area (Å²) in [4.78, 5) is 62.6. The molecule has 0 atom stereocenters. The van der Waals surface area contributed by atoms with Crippen LogP contribution in [0.2, 0.25) is 0 Å². The van der Waals surface area contributed by atoms with Crippen LogP contribution in [0.4, 0.5) is 9.18 Å². The summed E-state index contributed by atoms with van der Waals surface area (Å²) in [6.45, 7) is -0.717. The molecule has 0 aliphatic carbocycles. The van der Waals surface area contributed by atoms with E-state index in [1.807, 2.05) is 0 Å². The zero-order valence-corrected chi connectivity index (χ0v) is 18.9. The molecule has 4 amide bonds. The van der Waals surface area contributed by atoms with Gasteiger partial charge in [0.05, 0.1) is 10.3 Å². The average molecular weight is 495 g/mol. The highest BCUT2D eigenvalue weighted by atomic mass is 32.2. The number of carbonyl (C=O) groups excluding carboxylic acids is 4. The van der Waals surface area contributed by atoms with Gasteiger partial charge in [0.15, 0.2) is 5.69 Å². The van der Waals surface area contributed by atoms with E-state index >= 15 is 0 Å². The van der Waals surface area contributed by atoms with Crippen LogP contribution in [0.5, 0.6) is 0 Å². The van der Waals surface area contributed by atoms with E-state index in [2.05, 4.69) is 10.4 Å². The van der Waals surface area contributed by atoms with Gasteiger partial charge in [0.1, 0.15) is 12.4 Å². The Kier molecular flexibility index (Phi) is 6.73. The van der Waals surface area contributed by atoms with Crippen LogP contribution < -0.4 is 16.6 Å². The number of fused-ring (bicyclic) bond motifs is 1. The Morgan fingerprint density at radius 1 is 1.06 bits per heavy atom. The van der Waals surface area contributed by atoms with Crippen molar-refractivity contribution in [2.24, 2.45) is 5.73 Å². The van der Waals surface area contributed by atoms with Crippen LogP contribution in [0.25, 0.3) is 16.8 Å². The first-order valence-electron chi connectivity index (χ1n) is 10.3. The maximum atomic E-state index is 13.9. The molecule has 3 N–H and O–H groups in total. The lowest BCUT2D eigenvalue weighted by atomic mass is 10.1. The van der Waals surface area contributed by atoms with Crippen LogP contribution >= 0.6 is 11.8 Å². The summed E-state index contributed by atoms with van der Waals surface area (Å²) in [6.07, 6.45) is 1.30. The minimum atomic E-state index is -0.849. The molecule has 4 rings (SSSR count). The molecule has 1 aromatic heterocycles. The number of thioether (sulfide) groups is 1. The maximum absolute atomic E-state index is 13.9. The lowest BCUT2D eigenvalue weighted by Crippen LogP contribution is -2.40. The largest absolute Gasteiger partial charge is 0.364 e. The Labute approximate surface area is 201 Å². The number of nitrogens with zero attached hydrogens (tertiary/aromatic N) is 3. The number of hydrogen-bond acceptors (Lipinski definition) is 7. The fourth-order valence-corrected chi connectivity index (χ4v) is 4.31. The summed E-state index contributed by atoms with van der Waals surface area (Å²) in [5, 5.41) is 6.34. The molecule has 35 heavy (non-hydrogen) atoms. The third kappa shape index (κ3) is 4.96. The van der Waals surface area contributed by atoms with E-state index in [0.717, 1.165) is 9.58 Å². The van der Waals surface area contributed by atoms with Gasteiger partial charge in [-0.15, -0.1) is 0 Å². The molecule has 1 aliphatic rings. The van der Waals surface area contributed by atoms with Gasteiger partial charge in [-0.2, -0.15) is 5.10 Å². The average Bonchev–Trinajstić information content (AvgIpc) is 3.09. The van der Waals surface area contributed by atoms with E-state index < -0.39 is 40.9 Å². The molecule has 178 valence electrons. The van der Waals surface area contributed by atoms with Crippen LogP contribution in [-0.2, 0) is 16.1 Å². The van der Waals surface area contributed by atoms with Crippen molar-refractivity contribution in [2.45, 2.75) is 6.54 Å². The molecule has 0 radical (unpaired) electrons. The minimum absolute atomic E-state index is 0.0670. The number of carbonyl (C=O) groups is 4. The van der Waals surface area contributed by atoms with Crippen molar-refractivity contribution in [3.8, 4) is 0 Å². The molecular weight excluding hydrogens is 477 g/mol.